The van der Waals surface area contributed by atoms with Crippen LogP contribution in [0.25, 0.3) is 0 Å². The van der Waals surface area contributed by atoms with E-state index in [1.165, 1.54) is 0 Å². The Morgan fingerprint density at radius 1 is 1.12 bits per heavy atom. The smallest absolute Gasteiger partial charge is 0.311 e. The van der Waals surface area contributed by atoms with Crippen LogP contribution in [0.2, 0.25) is 0 Å². The maximum Gasteiger partial charge on any atom is 0.311 e. The number of carbonyl (C=O) groups is 1. The first-order valence-corrected chi connectivity index (χ1v) is 6.00. The van der Waals surface area contributed by atoms with Crippen LogP contribution in [0, 0.1) is 10.8 Å². The Morgan fingerprint density at radius 2 is 1.59 bits per heavy atom. The second-order valence-corrected chi connectivity index (χ2v) is 6.28. The molecule has 0 aliphatic heterocycles. The maximum absolute atomic E-state index is 10.9. The Hall–Kier alpha value is -0.610. The minimum absolute atomic E-state index is 0.0333. The lowest BCUT2D eigenvalue weighted by Gasteiger charge is -2.39. The molecule has 4 nitrogen and oxygen atoms in total. The number of hydrogen-bond donors (Lipinski definition) is 1. The van der Waals surface area contributed by atoms with Gasteiger partial charge >= 0.3 is 5.97 Å². The van der Waals surface area contributed by atoms with Crippen molar-refractivity contribution in [1.29, 1.82) is 0 Å². The topological polar surface area (TPSA) is 55.8 Å². The third-order valence-electron chi connectivity index (χ3n) is 3.78. The first-order valence-electron chi connectivity index (χ1n) is 6.00. The molecule has 0 aliphatic rings. The first-order chi connectivity index (χ1) is 7.46. The van der Waals surface area contributed by atoms with Crippen molar-refractivity contribution in [1.82, 2.24) is 0 Å². The van der Waals surface area contributed by atoms with Gasteiger partial charge in [-0.15, -0.1) is 0 Å². The van der Waals surface area contributed by atoms with E-state index in [1.54, 1.807) is 13.8 Å². The zero-order valence-electron chi connectivity index (χ0n) is 12.1. The van der Waals surface area contributed by atoms with E-state index in [4.69, 9.17) is 14.9 Å². The molecule has 0 aromatic rings. The van der Waals surface area contributed by atoms with Crippen molar-refractivity contribution >= 4 is 5.97 Å². The summed E-state index contributed by atoms with van der Waals surface area (Å²) in [5, 5.41) is 8.94. The molecule has 0 aliphatic carbocycles. The number of carboxylic acid groups (broad SMARTS) is 1. The van der Waals surface area contributed by atoms with E-state index in [1.807, 2.05) is 13.8 Å². The van der Waals surface area contributed by atoms with Gasteiger partial charge in [-0.05, 0) is 39.5 Å². The molecule has 1 N–H and O–H groups in total. The molecule has 0 spiro atoms. The number of aliphatic carboxylic acids is 1. The van der Waals surface area contributed by atoms with Crippen LogP contribution in [0.1, 0.15) is 54.9 Å². The standard InChI is InChI=1S/C13H26O4/c1-8-12(4,5)13(6,7)17-16-9-11(2,3)10(14)15/h8-9H2,1-7H3,(H,14,15). The molecule has 0 aromatic carbocycles. The Bertz CT molecular complexity index is 267. The molecule has 0 rings (SSSR count). The molecule has 0 aromatic heterocycles. The zero-order valence-corrected chi connectivity index (χ0v) is 12.1. The first kappa shape index (κ1) is 16.4. The van der Waals surface area contributed by atoms with Crippen molar-refractivity contribution in [2.24, 2.45) is 10.8 Å². The maximum atomic E-state index is 10.9. The molecule has 102 valence electrons. The van der Waals surface area contributed by atoms with Gasteiger partial charge in [-0.25, -0.2) is 9.78 Å². The second-order valence-electron chi connectivity index (χ2n) is 6.28. The minimum atomic E-state index is -0.938. The van der Waals surface area contributed by atoms with Crippen molar-refractivity contribution in [3.8, 4) is 0 Å². The van der Waals surface area contributed by atoms with Crippen molar-refractivity contribution in [3.63, 3.8) is 0 Å². The lowest BCUT2D eigenvalue weighted by Crippen LogP contribution is -2.42. The predicted octanol–water partition coefficient (Wildman–Crippen LogP) is 3.26. The Kier molecular flexibility index (Phi) is 5.16. The molecule has 0 radical (unpaired) electrons. The van der Waals surface area contributed by atoms with Crippen LogP contribution in [0.4, 0.5) is 0 Å². The van der Waals surface area contributed by atoms with Crippen LogP contribution in [-0.2, 0) is 14.6 Å². The van der Waals surface area contributed by atoms with Gasteiger partial charge in [0, 0.05) is 0 Å². The lowest BCUT2D eigenvalue weighted by molar-refractivity contribution is -0.382. The van der Waals surface area contributed by atoms with Crippen LogP contribution in [-0.4, -0.2) is 23.3 Å². The summed E-state index contributed by atoms with van der Waals surface area (Å²) < 4.78 is 0. The third-order valence-corrected chi connectivity index (χ3v) is 3.78. The van der Waals surface area contributed by atoms with Gasteiger partial charge in [0.25, 0.3) is 0 Å². The van der Waals surface area contributed by atoms with E-state index >= 15 is 0 Å². The van der Waals surface area contributed by atoms with Crippen LogP contribution in [0.5, 0.6) is 0 Å². The fourth-order valence-electron chi connectivity index (χ4n) is 0.924. The number of hydrogen-bond acceptors (Lipinski definition) is 3. The summed E-state index contributed by atoms with van der Waals surface area (Å²) in [4.78, 5) is 21.4. The summed E-state index contributed by atoms with van der Waals surface area (Å²) in [6.45, 7) is 13.4. The van der Waals surface area contributed by atoms with Crippen LogP contribution < -0.4 is 0 Å². The van der Waals surface area contributed by atoms with Gasteiger partial charge < -0.3 is 5.11 Å². The van der Waals surface area contributed by atoms with Crippen molar-refractivity contribution in [3.05, 3.63) is 0 Å². The monoisotopic (exact) mass is 246 g/mol. The molecular weight excluding hydrogens is 220 g/mol. The Balaban J connectivity index is 4.35. The number of rotatable bonds is 7. The van der Waals surface area contributed by atoms with E-state index in [2.05, 4.69) is 20.8 Å². The molecule has 4 heteroatoms. The number of carboxylic acids is 1. The van der Waals surface area contributed by atoms with Crippen LogP contribution >= 0.6 is 0 Å². The fourth-order valence-corrected chi connectivity index (χ4v) is 0.924. The Morgan fingerprint density at radius 3 is 1.94 bits per heavy atom. The van der Waals surface area contributed by atoms with Crippen molar-refractivity contribution in [2.45, 2.75) is 60.5 Å². The molecule has 0 amide bonds. The van der Waals surface area contributed by atoms with E-state index in [-0.39, 0.29) is 12.0 Å². The summed E-state index contributed by atoms with van der Waals surface area (Å²) >= 11 is 0. The van der Waals surface area contributed by atoms with Gasteiger partial charge in [-0.3, -0.25) is 4.79 Å². The van der Waals surface area contributed by atoms with E-state index in [0.717, 1.165) is 6.42 Å². The molecule has 0 saturated carbocycles. The normalized spacial score (nSPS) is 13.8. The average Bonchev–Trinajstić information content (AvgIpc) is 2.16. The van der Waals surface area contributed by atoms with E-state index < -0.39 is 17.0 Å². The van der Waals surface area contributed by atoms with Gasteiger partial charge in [-0.2, -0.15) is 0 Å². The summed E-state index contributed by atoms with van der Waals surface area (Å²) in [6.07, 6.45) is 0.950. The summed E-state index contributed by atoms with van der Waals surface area (Å²) in [5.41, 5.74) is -1.44. The largest absolute Gasteiger partial charge is 0.481 e. The van der Waals surface area contributed by atoms with E-state index in [9.17, 15) is 4.79 Å². The van der Waals surface area contributed by atoms with Crippen LogP contribution in [0.15, 0.2) is 0 Å². The second kappa shape index (κ2) is 5.36. The van der Waals surface area contributed by atoms with E-state index in [0.29, 0.717) is 0 Å². The molecule has 0 unspecified atom stereocenters. The lowest BCUT2D eigenvalue weighted by atomic mass is 9.75. The van der Waals surface area contributed by atoms with Gasteiger partial charge in [-0.1, -0.05) is 20.8 Å². The fraction of sp³-hybridized carbons (Fsp3) is 0.923. The highest BCUT2D eigenvalue weighted by molar-refractivity contribution is 5.73. The van der Waals surface area contributed by atoms with Gasteiger partial charge in [0.2, 0.25) is 0 Å². The van der Waals surface area contributed by atoms with Gasteiger partial charge in [0.15, 0.2) is 0 Å². The molecule has 17 heavy (non-hydrogen) atoms. The highest BCUT2D eigenvalue weighted by Gasteiger charge is 2.38. The quantitative estimate of drug-likeness (QED) is 0.553. The minimum Gasteiger partial charge on any atom is -0.481 e. The molecule has 0 bridgehead atoms. The van der Waals surface area contributed by atoms with Gasteiger partial charge in [0.1, 0.15) is 5.60 Å². The van der Waals surface area contributed by atoms with Crippen LogP contribution in [0.3, 0.4) is 0 Å². The van der Waals surface area contributed by atoms with Gasteiger partial charge in [0.05, 0.1) is 12.0 Å². The molecule has 0 heterocycles. The highest BCUT2D eigenvalue weighted by Crippen LogP contribution is 2.37. The third kappa shape index (κ3) is 4.28. The average molecular weight is 246 g/mol. The Labute approximate surface area is 104 Å². The summed E-state index contributed by atoms with van der Waals surface area (Å²) in [6, 6.07) is 0. The summed E-state index contributed by atoms with van der Waals surface area (Å²) in [5.74, 6) is -0.895. The predicted molar refractivity (Wildman–Crippen MR) is 66.6 cm³/mol. The van der Waals surface area contributed by atoms with Crippen molar-refractivity contribution in [2.75, 3.05) is 6.61 Å². The van der Waals surface area contributed by atoms with Crippen molar-refractivity contribution < 1.29 is 19.7 Å². The molecule has 0 atom stereocenters. The molecule has 0 fully saturated rings. The highest BCUT2D eigenvalue weighted by atomic mass is 17.2. The molecular formula is C13H26O4. The molecule has 0 saturated heterocycles. The zero-order chi connectivity index (χ0) is 13.9. The SMILES string of the molecule is CCC(C)(C)C(C)(C)OOCC(C)(C)C(=O)O. The summed E-state index contributed by atoms with van der Waals surface area (Å²) in [7, 11) is 0.